The molecule has 1 amide bonds. The summed E-state index contributed by atoms with van der Waals surface area (Å²) in [6.45, 7) is 7.31. The summed E-state index contributed by atoms with van der Waals surface area (Å²) in [6.07, 6.45) is -0.255. The van der Waals surface area contributed by atoms with Crippen LogP contribution in [0.1, 0.15) is 42.4 Å². The molecule has 0 spiro atoms. The van der Waals surface area contributed by atoms with Gasteiger partial charge >= 0.3 is 0 Å². The van der Waals surface area contributed by atoms with Crippen LogP contribution in [-0.4, -0.2) is 37.2 Å². The van der Waals surface area contributed by atoms with Crippen molar-refractivity contribution >= 4 is 5.91 Å². The van der Waals surface area contributed by atoms with Gasteiger partial charge in [0.25, 0.3) is 5.56 Å². The molecule has 3 aromatic rings. The first kappa shape index (κ1) is 22.7. The third-order valence-electron chi connectivity index (χ3n) is 5.91. The van der Waals surface area contributed by atoms with Crippen molar-refractivity contribution in [3.8, 4) is 5.75 Å². The Morgan fingerprint density at radius 3 is 2.67 bits per heavy atom. The van der Waals surface area contributed by atoms with E-state index < -0.39 is 22.8 Å². The normalized spacial score (nSPS) is 15.3. The molecular weight excluding hydrogens is 429 g/mol. The quantitative estimate of drug-likeness (QED) is 0.584. The Balaban J connectivity index is 1.54. The number of hydrogen-bond acceptors (Lipinski definition) is 7. The van der Waals surface area contributed by atoms with Crippen molar-refractivity contribution in [2.45, 2.75) is 52.4 Å². The molecule has 2 aromatic heterocycles. The van der Waals surface area contributed by atoms with Gasteiger partial charge in [0.2, 0.25) is 11.7 Å². The Morgan fingerprint density at radius 2 is 2.00 bits per heavy atom. The summed E-state index contributed by atoms with van der Waals surface area (Å²) in [4.78, 5) is 32.0. The number of benzene rings is 1. The summed E-state index contributed by atoms with van der Waals surface area (Å²) in [5.74, 6) is -0.0994. The van der Waals surface area contributed by atoms with Gasteiger partial charge in [0.15, 0.2) is 0 Å². The van der Waals surface area contributed by atoms with E-state index in [2.05, 4.69) is 20.4 Å². The molecule has 33 heavy (non-hydrogen) atoms. The number of amides is 1. The van der Waals surface area contributed by atoms with Crippen LogP contribution in [0.25, 0.3) is 0 Å². The van der Waals surface area contributed by atoms with Crippen LogP contribution in [0.2, 0.25) is 0 Å². The molecule has 1 aromatic carbocycles. The summed E-state index contributed by atoms with van der Waals surface area (Å²) in [7, 11) is 0. The third kappa shape index (κ3) is 4.65. The van der Waals surface area contributed by atoms with E-state index in [4.69, 9.17) is 4.52 Å². The molecule has 4 rings (SSSR count). The molecule has 0 unspecified atom stereocenters. The molecule has 0 atom stereocenters. The van der Waals surface area contributed by atoms with Gasteiger partial charge in [-0.1, -0.05) is 17.3 Å². The fourth-order valence-corrected chi connectivity index (χ4v) is 4.01. The summed E-state index contributed by atoms with van der Waals surface area (Å²) < 4.78 is 19.7. The van der Waals surface area contributed by atoms with Gasteiger partial charge in [-0.05, 0) is 38.5 Å². The number of nitrogens with one attached hydrogen (secondary N) is 1. The number of carbonyl (C=O) groups is 1. The Labute approximate surface area is 189 Å². The minimum Gasteiger partial charge on any atom is -0.502 e. The predicted octanol–water partition coefficient (Wildman–Crippen LogP) is 1.99. The lowest BCUT2D eigenvalue weighted by Gasteiger charge is -2.42. The molecule has 10 heteroatoms. The largest absolute Gasteiger partial charge is 0.502 e. The van der Waals surface area contributed by atoms with Crippen LogP contribution in [0.4, 0.5) is 4.39 Å². The van der Waals surface area contributed by atoms with Gasteiger partial charge in [0.1, 0.15) is 17.4 Å². The molecule has 3 heterocycles. The fourth-order valence-electron chi connectivity index (χ4n) is 4.01. The average Bonchev–Trinajstić information content (AvgIpc) is 3.18. The first-order valence-corrected chi connectivity index (χ1v) is 10.7. The SMILES string of the molecule is Cc1cc(CN2CCn3c(nc(CC(=O)NCc4ccc(F)cc4)c(O)c3=O)C2(C)C)no1. The number of fused-ring (bicyclic) bond motifs is 1. The molecule has 0 fully saturated rings. The number of halogens is 1. The smallest absolute Gasteiger partial charge is 0.296 e. The summed E-state index contributed by atoms with van der Waals surface area (Å²) in [6, 6.07) is 7.63. The van der Waals surface area contributed by atoms with Gasteiger partial charge in [-0.15, -0.1) is 0 Å². The summed E-state index contributed by atoms with van der Waals surface area (Å²) in [5.41, 5.74) is 0.307. The van der Waals surface area contributed by atoms with Gasteiger partial charge in [-0.2, -0.15) is 0 Å². The van der Waals surface area contributed by atoms with Crippen LogP contribution >= 0.6 is 0 Å². The van der Waals surface area contributed by atoms with Crippen molar-refractivity contribution in [3.05, 3.63) is 75.0 Å². The number of nitrogens with zero attached hydrogens (tertiary/aromatic N) is 4. The summed E-state index contributed by atoms with van der Waals surface area (Å²) in [5, 5.41) is 17.2. The zero-order valence-electron chi connectivity index (χ0n) is 18.8. The highest BCUT2D eigenvalue weighted by Gasteiger charge is 2.38. The van der Waals surface area contributed by atoms with Crippen LogP contribution in [0, 0.1) is 12.7 Å². The number of carbonyl (C=O) groups excluding carboxylic acids is 1. The number of rotatable bonds is 6. The van der Waals surface area contributed by atoms with E-state index in [9.17, 15) is 19.1 Å². The van der Waals surface area contributed by atoms with Crippen molar-refractivity contribution in [2.75, 3.05) is 6.54 Å². The molecule has 0 bridgehead atoms. The van der Waals surface area contributed by atoms with Crippen LogP contribution in [0.15, 0.2) is 39.6 Å². The Morgan fingerprint density at radius 1 is 1.27 bits per heavy atom. The van der Waals surface area contributed by atoms with Crippen LogP contribution in [-0.2, 0) is 36.4 Å². The summed E-state index contributed by atoms with van der Waals surface area (Å²) >= 11 is 0. The topological polar surface area (TPSA) is 113 Å². The predicted molar refractivity (Wildman–Crippen MR) is 117 cm³/mol. The van der Waals surface area contributed by atoms with Gasteiger partial charge in [0, 0.05) is 32.2 Å². The van der Waals surface area contributed by atoms with Crippen molar-refractivity contribution in [3.63, 3.8) is 0 Å². The third-order valence-corrected chi connectivity index (χ3v) is 5.91. The highest BCUT2D eigenvalue weighted by molar-refractivity contribution is 5.78. The van der Waals surface area contributed by atoms with Crippen LogP contribution < -0.4 is 10.9 Å². The molecule has 0 radical (unpaired) electrons. The van der Waals surface area contributed by atoms with Gasteiger partial charge < -0.3 is 14.9 Å². The van der Waals surface area contributed by atoms with Gasteiger partial charge in [-0.25, -0.2) is 9.37 Å². The highest BCUT2D eigenvalue weighted by Crippen LogP contribution is 2.32. The van der Waals surface area contributed by atoms with Crippen LogP contribution in [0.3, 0.4) is 0 Å². The standard InChI is InChI=1S/C23H26FN5O4/c1-14-10-17(27-33-14)13-28-8-9-29-21(32)20(31)18(26-22(29)23(28,2)3)11-19(30)25-12-15-4-6-16(24)7-5-15/h4-7,10,31H,8-9,11-13H2,1-3H3,(H,25,30). The van der Waals surface area contributed by atoms with E-state index in [0.717, 1.165) is 11.3 Å². The van der Waals surface area contributed by atoms with E-state index in [1.807, 2.05) is 26.8 Å². The average molecular weight is 455 g/mol. The molecule has 174 valence electrons. The Kier molecular flexibility index (Phi) is 6.03. The maximum atomic E-state index is 13.0. The molecule has 1 aliphatic heterocycles. The van der Waals surface area contributed by atoms with Crippen molar-refractivity contribution in [1.29, 1.82) is 0 Å². The number of hydrogen-bond donors (Lipinski definition) is 2. The second kappa shape index (κ2) is 8.78. The Hall–Kier alpha value is -3.53. The van der Waals surface area contributed by atoms with Crippen molar-refractivity contribution < 1.29 is 18.8 Å². The zero-order valence-corrected chi connectivity index (χ0v) is 18.8. The van der Waals surface area contributed by atoms with Gasteiger partial charge in [0.05, 0.1) is 23.3 Å². The second-order valence-electron chi connectivity index (χ2n) is 8.68. The number of aromatic hydroxyl groups is 1. The second-order valence-corrected chi connectivity index (χ2v) is 8.68. The Bertz CT molecular complexity index is 1230. The molecule has 0 saturated carbocycles. The maximum absolute atomic E-state index is 13.0. The lowest BCUT2D eigenvalue weighted by atomic mass is 9.97. The van der Waals surface area contributed by atoms with E-state index in [-0.39, 0.29) is 24.5 Å². The number of aryl methyl sites for hydroxylation is 1. The minimum atomic E-state index is -0.655. The van der Waals surface area contributed by atoms with E-state index >= 15 is 0 Å². The van der Waals surface area contributed by atoms with Gasteiger partial charge in [-0.3, -0.25) is 19.1 Å². The fraction of sp³-hybridized carbons (Fsp3) is 0.391. The lowest BCUT2D eigenvalue weighted by molar-refractivity contribution is -0.120. The monoisotopic (exact) mass is 455 g/mol. The molecule has 0 saturated heterocycles. The van der Waals surface area contributed by atoms with E-state index in [1.165, 1.54) is 16.7 Å². The molecule has 2 N–H and O–H groups in total. The van der Waals surface area contributed by atoms with Crippen molar-refractivity contribution in [2.24, 2.45) is 0 Å². The van der Waals surface area contributed by atoms with Crippen LogP contribution in [0.5, 0.6) is 5.75 Å². The molecule has 9 nitrogen and oxygen atoms in total. The molecular formula is C23H26FN5O4. The van der Waals surface area contributed by atoms with E-state index in [0.29, 0.717) is 31.2 Å². The molecule has 1 aliphatic rings. The lowest BCUT2D eigenvalue weighted by Crippen LogP contribution is -2.52. The first-order valence-electron chi connectivity index (χ1n) is 10.7. The maximum Gasteiger partial charge on any atom is 0.296 e. The zero-order chi connectivity index (χ0) is 23.8. The number of aromatic nitrogens is 3. The van der Waals surface area contributed by atoms with E-state index in [1.54, 1.807) is 12.1 Å². The first-order chi connectivity index (χ1) is 15.6. The minimum absolute atomic E-state index is 0.0232. The van der Waals surface area contributed by atoms with Crippen molar-refractivity contribution in [1.82, 2.24) is 24.9 Å². The molecule has 0 aliphatic carbocycles. The highest BCUT2D eigenvalue weighted by atomic mass is 19.1.